The first kappa shape index (κ1) is 13.6. The van der Waals surface area contributed by atoms with Gasteiger partial charge in [0, 0.05) is 5.56 Å². The molecule has 1 N–H and O–H groups in total. The molecular formula is C14H21NO2. The van der Waals surface area contributed by atoms with E-state index in [2.05, 4.69) is 25.9 Å². The number of ether oxygens (including phenoxy) is 1. The maximum absolute atomic E-state index is 8.71. The molecule has 17 heavy (non-hydrogen) atoms. The van der Waals surface area contributed by atoms with Crippen molar-refractivity contribution in [1.82, 2.24) is 0 Å². The fourth-order valence-corrected chi connectivity index (χ4v) is 1.34. The normalized spacial score (nSPS) is 12.6. The molecule has 0 aliphatic heterocycles. The van der Waals surface area contributed by atoms with E-state index in [-0.39, 0.29) is 5.41 Å². The molecule has 0 amide bonds. The molecule has 0 aromatic heterocycles. The highest BCUT2D eigenvalue weighted by molar-refractivity contribution is 5.98. The second-order valence-corrected chi connectivity index (χ2v) is 5.37. The fraction of sp³-hybridized carbons (Fsp3) is 0.500. The van der Waals surface area contributed by atoms with Crippen molar-refractivity contribution in [2.75, 3.05) is 6.61 Å². The third-order valence-electron chi connectivity index (χ3n) is 2.52. The minimum atomic E-state index is 0.278. The minimum Gasteiger partial charge on any atom is -0.494 e. The minimum absolute atomic E-state index is 0.278. The zero-order valence-corrected chi connectivity index (χ0v) is 11.0. The van der Waals surface area contributed by atoms with E-state index in [1.54, 1.807) is 6.92 Å². The lowest BCUT2D eigenvalue weighted by Crippen LogP contribution is -2.11. The summed E-state index contributed by atoms with van der Waals surface area (Å²) in [5.74, 6) is 0.815. The van der Waals surface area contributed by atoms with Crippen LogP contribution in [0.4, 0.5) is 0 Å². The Kier molecular flexibility index (Phi) is 4.55. The zero-order valence-electron chi connectivity index (χ0n) is 11.0. The van der Waals surface area contributed by atoms with Crippen molar-refractivity contribution in [1.29, 1.82) is 0 Å². The van der Waals surface area contributed by atoms with Crippen LogP contribution in [0.1, 0.15) is 39.7 Å². The monoisotopic (exact) mass is 235 g/mol. The quantitative estimate of drug-likeness (QED) is 0.491. The highest BCUT2D eigenvalue weighted by atomic mass is 16.5. The molecule has 0 saturated heterocycles. The predicted octanol–water partition coefficient (Wildman–Crippen LogP) is 3.70. The topological polar surface area (TPSA) is 41.8 Å². The Bertz CT molecular complexity index is 391. The van der Waals surface area contributed by atoms with Crippen molar-refractivity contribution in [2.24, 2.45) is 10.6 Å². The van der Waals surface area contributed by atoms with Crippen molar-refractivity contribution in [3.8, 4) is 5.75 Å². The van der Waals surface area contributed by atoms with Gasteiger partial charge < -0.3 is 9.94 Å². The van der Waals surface area contributed by atoms with E-state index in [9.17, 15) is 0 Å². The number of hydrogen-bond acceptors (Lipinski definition) is 3. The van der Waals surface area contributed by atoms with Crippen molar-refractivity contribution in [3.63, 3.8) is 0 Å². The number of benzene rings is 1. The molecular weight excluding hydrogens is 214 g/mol. The lowest BCUT2D eigenvalue weighted by Gasteiger charge is -2.18. The van der Waals surface area contributed by atoms with Gasteiger partial charge in [0.2, 0.25) is 0 Å². The second-order valence-electron chi connectivity index (χ2n) is 5.37. The molecule has 0 aliphatic carbocycles. The summed E-state index contributed by atoms with van der Waals surface area (Å²) in [4.78, 5) is 0. The molecule has 3 heteroatoms. The second kappa shape index (κ2) is 5.71. The van der Waals surface area contributed by atoms with Crippen molar-refractivity contribution in [3.05, 3.63) is 29.8 Å². The Hall–Kier alpha value is -1.51. The largest absolute Gasteiger partial charge is 0.494 e. The van der Waals surface area contributed by atoms with Crippen LogP contribution in [-0.4, -0.2) is 17.5 Å². The third-order valence-corrected chi connectivity index (χ3v) is 2.52. The molecule has 1 aromatic carbocycles. The van der Waals surface area contributed by atoms with Crippen LogP contribution < -0.4 is 4.74 Å². The Labute approximate surface area is 103 Å². The van der Waals surface area contributed by atoms with Gasteiger partial charge >= 0.3 is 0 Å². The summed E-state index contributed by atoms with van der Waals surface area (Å²) in [6.45, 7) is 9.02. The van der Waals surface area contributed by atoms with E-state index >= 15 is 0 Å². The van der Waals surface area contributed by atoms with Crippen LogP contribution in [0.25, 0.3) is 0 Å². The lowest BCUT2D eigenvalue weighted by atomic mass is 9.93. The molecule has 0 heterocycles. The average Bonchev–Trinajstić information content (AvgIpc) is 2.27. The number of hydrogen-bond donors (Lipinski definition) is 1. The smallest absolute Gasteiger partial charge is 0.119 e. The van der Waals surface area contributed by atoms with Gasteiger partial charge in [-0.15, -0.1) is 0 Å². The lowest BCUT2D eigenvalue weighted by molar-refractivity contribution is 0.243. The summed E-state index contributed by atoms with van der Waals surface area (Å²) < 4.78 is 5.68. The Morgan fingerprint density at radius 1 is 1.35 bits per heavy atom. The maximum Gasteiger partial charge on any atom is 0.119 e. The van der Waals surface area contributed by atoms with Gasteiger partial charge in [0.25, 0.3) is 0 Å². The SMILES string of the molecule is CC(=NO)c1cccc(OCCC(C)(C)C)c1. The number of oxime groups is 1. The van der Waals surface area contributed by atoms with Crippen LogP contribution in [0, 0.1) is 5.41 Å². The third kappa shape index (κ3) is 4.89. The van der Waals surface area contributed by atoms with Gasteiger partial charge in [-0.25, -0.2) is 0 Å². The highest BCUT2D eigenvalue weighted by Gasteiger charge is 2.10. The number of rotatable bonds is 4. The van der Waals surface area contributed by atoms with E-state index in [0.717, 1.165) is 17.7 Å². The molecule has 94 valence electrons. The van der Waals surface area contributed by atoms with E-state index in [0.29, 0.717) is 12.3 Å². The molecule has 0 unspecified atom stereocenters. The average molecular weight is 235 g/mol. The van der Waals surface area contributed by atoms with E-state index < -0.39 is 0 Å². The molecule has 0 aliphatic rings. The van der Waals surface area contributed by atoms with Gasteiger partial charge in [0.15, 0.2) is 0 Å². The standard InChI is InChI=1S/C14H21NO2/c1-11(15-16)12-6-5-7-13(10-12)17-9-8-14(2,3)4/h5-7,10,16H,8-9H2,1-4H3. The van der Waals surface area contributed by atoms with Crippen LogP contribution >= 0.6 is 0 Å². The van der Waals surface area contributed by atoms with Crippen LogP contribution in [0.3, 0.4) is 0 Å². The first-order chi connectivity index (χ1) is 7.92. The molecule has 0 saturated carbocycles. The van der Waals surface area contributed by atoms with Gasteiger partial charge in [-0.05, 0) is 30.9 Å². The summed E-state index contributed by atoms with van der Waals surface area (Å²) in [6.07, 6.45) is 1.00. The fourth-order valence-electron chi connectivity index (χ4n) is 1.34. The molecule has 3 nitrogen and oxygen atoms in total. The van der Waals surface area contributed by atoms with Crippen LogP contribution in [-0.2, 0) is 0 Å². The summed E-state index contributed by atoms with van der Waals surface area (Å²) in [5.41, 5.74) is 1.74. The highest BCUT2D eigenvalue weighted by Crippen LogP contribution is 2.20. The van der Waals surface area contributed by atoms with Gasteiger partial charge in [-0.2, -0.15) is 0 Å². The van der Waals surface area contributed by atoms with Gasteiger partial charge in [0.1, 0.15) is 5.75 Å². The molecule has 0 spiro atoms. The van der Waals surface area contributed by atoms with Crippen molar-refractivity contribution in [2.45, 2.75) is 34.1 Å². The van der Waals surface area contributed by atoms with Crippen LogP contribution in [0.5, 0.6) is 5.75 Å². The Morgan fingerprint density at radius 2 is 2.06 bits per heavy atom. The summed E-state index contributed by atoms with van der Waals surface area (Å²) in [6, 6.07) is 7.59. The first-order valence-electron chi connectivity index (χ1n) is 5.84. The summed E-state index contributed by atoms with van der Waals surface area (Å²) >= 11 is 0. The molecule has 1 aromatic rings. The van der Waals surface area contributed by atoms with Gasteiger partial charge in [-0.3, -0.25) is 0 Å². The van der Waals surface area contributed by atoms with Gasteiger partial charge in [-0.1, -0.05) is 38.1 Å². The predicted molar refractivity (Wildman–Crippen MR) is 70.0 cm³/mol. The van der Waals surface area contributed by atoms with E-state index in [1.165, 1.54) is 0 Å². The molecule has 0 fully saturated rings. The first-order valence-corrected chi connectivity index (χ1v) is 5.84. The number of nitrogens with zero attached hydrogens (tertiary/aromatic N) is 1. The zero-order chi connectivity index (χ0) is 12.9. The molecule has 0 atom stereocenters. The van der Waals surface area contributed by atoms with Crippen molar-refractivity contribution >= 4 is 5.71 Å². The molecule has 0 radical (unpaired) electrons. The van der Waals surface area contributed by atoms with Crippen LogP contribution in [0.2, 0.25) is 0 Å². The van der Waals surface area contributed by atoms with Gasteiger partial charge in [0.05, 0.1) is 12.3 Å². The van der Waals surface area contributed by atoms with Crippen molar-refractivity contribution < 1.29 is 9.94 Å². The maximum atomic E-state index is 8.71. The van der Waals surface area contributed by atoms with E-state index in [4.69, 9.17) is 9.94 Å². The van der Waals surface area contributed by atoms with E-state index in [1.807, 2.05) is 24.3 Å². The summed E-state index contributed by atoms with van der Waals surface area (Å²) in [7, 11) is 0. The van der Waals surface area contributed by atoms with Crippen LogP contribution in [0.15, 0.2) is 29.4 Å². The molecule has 0 bridgehead atoms. The Balaban J connectivity index is 2.61. The Morgan fingerprint density at radius 3 is 2.65 bits per heavy atom. The molecule has 1 rings (SSSR count). The summed E-state index contributed by atoms with van der Waals surface area (Å²) in [5, 5.41) is 11.9.